The summed E-state index contributed by atoms with van der Waals surface area (Å²) in [5.74, 6) is 0.252. The Balaban J connectivity index is 1.67. The number of hydrogen-bond acceptors (Lipinski definition) is 2. The largest absolute Gasteiger partial charge is 0.322 e. The Labute approximate surface area is 100 Å². The summed E-state index contributed by atoms with van der Waals surface area (Å²) in [4.78, 5) is 11.5. The SMILES string of the molecule is O=C(CNCCC1CC1)Nc1ccccc1F. The Morgan fingerprint density at radius 1 is 1.35 bits per heavy atom. The van der Waals surface area contributed by atoms with E-state index in [-0.39, 0.29) is 18.1 Å². The quantitative estimate of drug-likeness (QED) is 0.743. The lowest BCUT2D eigenvalue weighted by molar-refractivity contribution is -0.115. The molecule has 0 saturated heterocycles. The number of anilines is 1. The molecular weight excluding hydrogens is 219 g/mol. The highest BCUT2D eigenvalue weighted by Crippen LogP contribution is 2.31. The molecule has 0 bridgehead atoms. The van der Waals surface area contributed by atoms with Gasteiger partial charge in [0.1, 0.15) is 5.82 Å². The third-order valence-electron chi connectivity index (χ3n) is 2.86. The average molecular weight is 236 g/mol. The van der Waals surface area contributed by atoms with Crippen molar-refractivity contribution in [3.8, 4) is 0 Å². The maximum absolute atomic E-state index is 13.2. The fraction of sp³-hybridized carbons (Fsp3) is 0.462. The van der Waals surface area contributed by atoms with E-state index in [0.29, 0.717) is 0 Å². The molecule has 92 valence electrons. The first-order valence-corrected chi connectivity index (χ1v) is 6.01. The molecule has 2 rings (SSSR count). The Hall–Kier alpha value is -1.42. The lowest BCUT2D eigenvalue weighted by Gasteiger charge is -2.07. The van der Waals surface area contributed by atoms with Crippen molar-refractivity contribution >= 4 is 11.6 Å². The second kappa shape index (κ2) is 5.77. The molecule has 1 aromatic carbocycles. The number of carbonyl (C=O) groups excluding carboxylic acids is 1. The van der Waals surface area contributed by atoms with E-state index in [4.69, 9.17) is 0 Å². The van der Waals surface area contributed by atoms with Gasteiger partial charge in [-0.1, -0.05) is 25.0 Å². The summed E-state index contributed by atoms with van der Waals surface area (Å²) in [7, 11) is 0. The van der Waals surface area contributed by atoms with Crippen LogP contribution in [0.2, 0.25) is 0 Å². The minimum absolute atomic E-state index is 0.203. The molecule has 2 N–H and O–H groups in total. The Morgan fingerprint density at radius 3 is 2.82 bits per heavy atom. The maximum atomic E-state index is 13.2. The van der Waals surface area contributed by atoms with Crippen molar-refractivity contribution in [1.82, 2.24) is 5.32 Å². The number of para-hydroxylation sites is 1. The summed E-state index contributed by atoms with van der Waals surface area (Å²) in [6, 6.07) is 6.17. The molecule has 0 radical (unpaired) electrons. The normalized spacial score (nSPS) is 14.6. The van der Waals surface area contributed by atoms with Gasteiger partial charge in [-0.05, 0) is 31.0 Å². The second-order valence-electron chi connectivity index (χ2n) is 4.44. The number of amides is 1. The number of benzene rings is 1. The van der Waals surface area contributed by atoms with E-state index in [2.05, 4.69) is 10.6 Å². The van der Waals surface area contributed by atoms with Gasteiger partial charge in [0.2, 0.25) is 5.91 Å². The molecule has 17 heavy (non-hydrogen) atoms. The van der Waals surface area contributed by atoms with Gasteiger partial charge in [-0.2, -0.15) is 0 Å². The van der Waals surface area contributed by atoms with Crippen LogP contribution in [0.4, 0.5) is 10.1 Å². The van der Waals surface area contributed by atoms with E-state index in [1.54, 1.807) is 18.2 Å². The predicted molar refractivity (Wildman–Crippen MR) is 65.2 cm³/mol. The van der Waals surface area contributed by atoms with Crippen LogP contribution in [0.5, 0.6) is 0 Å². The molecule has 1 aliphatic carbocycles. The van der Waals surface area contributed by atoms with Gasteiger partial charge in [0.05, 0.1) is 12.2 Å². The van der Waals surface area contributed by atoms with Crippen LogP contribution < -0.4 is 10.6 Å². The third-order valence-corrected chi connectivity index (χ3v) is 2.86. The maximum Gasteiger partial charge on any atom is 0.238 e. The molecule has 1 saturated carbocycles. The number of hydrogen-bond donors (Lipinski definition) is 2. The minimum atomic E-state index is -0.404. The van der Waals surface area contributed by atoms with Crippen molar-refractivity contribution in [3.05, 3.63) is 30.1 Å². The molecule has 1 aliphatic rings. The first-order valence-electron chi connectivity index (χ1n) is 6.01. The monoisotopic (exact) mass is 236 g/mol. The van der Waals surface area contributed by atoms with E-state index in [0.717, 1.165) is 18.9 Å². The van der Waals surface area contributed by atoms with Crippen molar-refractivity contribution in [2.75, 3.05) is 18.4 Å². The summed E-state index contributed by atoms with van der Waals surface area (Å²) in [5, 5.41) is 5.60. The predicted octanol–water partition coefficient (Wildman–Crippen LogP) is 2.15. The van der Waals surface area contributed by atoms with E-state index in [9.17, 15) is 9.18 Å². The summed E-state index contributed by atoms with van der Waals surface area (Å²) in [6.07, 6.45) is 3.78. The van der Waals surface area contributed by atoms with Crippen molar-refractivity contribution < 1.29 is 9.18 Å². The molecule has 0 aromatic heterocycles. The summed E-state index contributed by atoms with van der Waals surface area (Å²) >= 11 is 0. The Morgan fingerprint density at radius 2 is 2.12 bits per heavy atom. The zero-order valence-corrected chi connectivity index (χ0v) is 9.71. The highest BCUT2D eigenvalue weighted by atomic mass is 19.1. The second-order valence-corrected chi connectivity index (χ2v) is 4.44. The van der Waals surface area contributed by atoms with Gasteiger partial charge in [-0.15, -0.1) is 0 Å². The van der Waals surface area contributed by atoms with E-state index in [1.807, 2.05) is 0 Å². The number of halogens is 1. The van der Waals surface area contributed by atoms with E-state index >= 15 is 0 Å². The van der Waals surface area contributed by atoms with Crippen molar-refractivity contribution in [2.24, 2.45) is 5.92 Å². The molecule has 0 aliphatic heterocycles. The lowest BCUT2D eigenvalue weighted by atomic mass is 10.3. The average Bonchev–Trinajstić information content (AvgIpc) is 3.12. The summed E-state index contributed by atoms with van der Waals surface area (Å²) < 4.78 is 13.2. The first-order chi connectivity index (χ1) is 8.25. The van der Waals surface area contributed by atoms with Crippen molar-refractivity contribution in [1.29, 1.82) is 0 Å². The van der Waals surface area contributed by atoms with Crippen LogP contribution in [0.1, 0.15) is 19.3 Å². The molecule has 4 heteroatoms. The first kappa shape index (κ1) is 12.0. The smallest absolute Gasteiger partial charge is 0.238 e. The van der Waals surface area contributed by atoms with Gasteiger partial charge in [0.25, 0.3) is 0 Å². The third kappa shape index (κ3) is 4.15. The number of nitrogens with one attached hydrogen (secondary N) is 2. The highest BCUT2D eigenvalue weighted by molar-refractivity contribution is 5.92. The standard InChI is InChI=1S/C13H17FN2O/c14-11-3-1-2-4-12(11)16-13(17)9-15-8-7-10-5-6-10/h1-4,10,15H,5-9H2,(H,16,17). The van der Waals surface area contributed by atoms with Gasteiger partial charge >= 0.3 is 0 Å². The number of rotatable bonds is 6. The fourth-order valence-electron chi connectivity index (χ4n) is 1.67. The van der Waals surface area contributed by atoms with Gasteiger partial charge in [-0.25, -0.2) is 4.39 Å². The lowest BCUT2D eigenvalue weighted by Crippen LogP contribution is -2.29. The van der Waals surface area contributed by atoms with Gasteiger partial charge in [-0.3, -0.25) is 4.79 Å². The topological polar surface area (TPSA) is 41.1 Å². The number of carbonyl (C=O) groups is 1. The van der Waals surface area contributed by atoms with Gasteiger partial charge in [0, 0.05) is 0 Å². The Kier molecular flexibility index (Phi) is 4.09. The van der Waals surface area contributed by atoms with Crippen LogP contribution in [-0.4, -0.2) is 19.0 Å². The summed E-state index contributed by atoms with van der Waals surface area (Å²) in [6.45, 7) is 1.09. The van der Waals surface area contributed by atoms with Crippen LogP contribution in [0, 0.1) is 11.7 Å². The van der Waals surface area contributed by atoms with Crippen LogP contribution in [0.3, 0.4) is 0 Å². The van der Waals surface area contributed by atoms with Crippen LogP contribution >= 0.6 is 0 Å². The van der Waals surface area contributed by atoms with Crippen molar-refractivity contribution in [2.45, 2.75) is 19.3 Å². The molecule has 0 atom stereocenters. The van der Waals surface area contributed by atoms with Crippen LogP contribution in [-0.2, 0) is 4.79 Å². The van der Waals surface area contributed by atoms with Crippen LogP contribution in [0.25, 0.3) is 0 Å². The molecule has 0 unspecified atom stereocenters. The van der Waals surface area contributed by atoms with Crippen molar-refractivity contribution in [3.63, 3.8) is 0 Å². The molecule has 0 heterocycles. The molecule has 1 aromatic rings. The molecule has 0 spiro atoms. The summed E-state index contributed by atoms with van der Waals surface area (Å²) in [5.41, 5.74) is 0.237. The minimum Gasteiger partial charge on any atom is -0.322 e. The highest BCUT2D eigenvalue weighted by Gasteiger charge is 2.20. The van der Waals surface area contributed by atoms with E-state index in [1.165, 1.54) is 18.9 Å². The zero-order valence-electron chi connectivity index (χ0n) is 9.71. The van der Waals surface area contributed by atoms with E-state index < -0.39 is 5.82 Å². The van der Waals surface area contributed by atoms with Gasteiger partial charge in [0.15, 0.2) is 0 Å². The molecule has 3 nitrogen and oxygen atoms in total. The van der Waals surface area contributed by atoms with Crippen LogP contribution in [0.15, 0.2) is 24.3 Å². The fourth-order valence-corrected chi connectivity index (χ4v) is 1.67. The molecule has 1 amide bonds. The molecular formula is C13H17FN2O. The van der Waals surface area contributed by atoms with Gasteiger partial charge < -0.3 is 10.6 Å². The molecule has 1 fully saturated rings. The Bertz CT molecular complexity index is 391. The zero-order chi connectivity index (χ0) is 12.1.